The molecule has 0 aliphatic rings. The highest BCUT2D eigenvalue weighted by molar-refractivity contribution is 5.92. The molecular formula is C24H39N3O5. The smallest absolute Gasteiger partial charge is 0.408 e. The van der Waals surface area contributed by atoms with E-state index < -0.39 is 41.8 Å². The number of ether oxygens (including phenoxy) is 1. The van der Waals surface area contributed by atoms with Gasteiger partial charge in [-0.05, 0) is 66.0 Å². The van der Waals surface area contributed by atoms with E-state index >= 15 is 0 Å². The molecule has 0 heterocycles. The Hall–Kier alpha value is -2.61. The maximum absolute atomic E-state index is 13.3. The number of nitrogens with zero attached hydrogens (tertiary/aromatic N) is 1. The maximum atomic E-state index is 13.3. The van der Waals surface area contributed by atoms with Crippen molar-refractivity contribution in [1.29, 1.82) is 0 Å². The van der Waals surface area contributed by atoms with E-state index in [1.165, 1.54) is 4.90 Å². The molecule has 0 spiro atoms. The summed E-state index contributed by atoms with van der Waals surface area (Å²) in [5, 5.41) is 15.2. The van der Waals surface area contributed by atoms with Gasteiger partial charge in [0.1, 0.15) is 17.7 Å². The number of aliphatic hydroxyl groups excluding tert-OH is 1. The molecule has 2 atom stereocenters. The molecule has 0 aliphatic carbocycles. The number of hydrogen-bond donors (Lipinski definition) is 3. The predicted molar refractivity (Wildman–Crippen MR) is 124 cm³/mol. The molecule has 3 N–H and O–H groups in total. The van der Waals surface area contributed by atoms with E-state index in [2.05, 4.69) is 10.6 Å². The molecule has 0 radical (unpaired) electrons. The van der Waals surface area contributed by atoms with E-state index in [0.717, 1.165) is 12.0 Å². The first-order chi connectivity index (χ1) is 14.7. The summed E-state index contributed by atoms with van der Waals surface area (Å²) in [7, 11) is 0. The number of aliphatic hydroxyl groups is 1. The number of rotatable bonds is 8. The van der Waals surface area contributed by atoms with Gasteiger partial charge in [-0.1, -0.05) is 31.2 Å². The molecule has 1 aromatic rings. The highest BCUT2D eigenvalue weighted by atomic mass is 16.6. The number of carbonyl (C=O) groups is 3. The summed E-state index contributed by atoms with van der Waals surface area (Å²) in [5.41, 5.74) is 0.492. The zero-order chi connectivity index (χ0) is 24.7. The predicted octanol–water partition coefficient (Wildman–Crippen LogP) is 2.94. The van der Waals surface area contributed by atoms with Crippen molar-refractivity contribution in [2.24, 2.45) is 0 Å². The maximum Gasteiger partial charge on any atom is 0.408 e. The van der Waals surface area contributed by atoms with Crippen molar-refractivity contribution in [3.63, 3.8) is 0 Å². The van der Waals surface area contributed by atoms with E-state index in [-0.39, 0.29) is 12.5 Å². The highest BCUT2D eigenvalue weighted by Crippen LogP contribution is 2.24. The summed E-state index contributed by atoms with van der Waals surface area (Å²) in [6.07, 6.45) is 0.0334. The Balaban J connectivity index is 3.28. The van der Waals surface area contributed by atoms with E-state index in [4.69, 9.17) is 4.74 Å². The van der Waals surface area contributed by atoms with Crippen molar-refractivity contribution in [2.45, 2.75) is 85.0 Å². The topological polar surface area (TPSA) is 108 Å². The van der Waals surface area contributed by atoms with Crippen molar-refractivity contribution in [2.75, 3.05) is 13.2 Å². The van der Waals surface area contributed by atoms with E-state index in [1.807, 2.05) is 52.0 Å². The van der Waals surface area contributed by atoms with Gasteiger partial charge in [0.25, 0.3) is 0 Å². The molecule has 32 heavy (non-hydrogen) atoms. The van der Waals surface area contributed by atoms with Crippen LogP contribution in [0.15, 0.2) is 24.3 Å². The second kappa shape index (κ2) is 11.3. The fourth-order valence-corrected chi connectivity index (χ4v) is 3.15. The first-order valence-corrected chi connectivity index (χ1v) is 11.0. The van der Waals surface area contributed by atoms with Gasteiger partial charge in [0.05, 0.1) is 6.61 Å². The van der Waals surface area contributed by atoms with Gasteiger partial charge in [0, 0.05) is 12.1 Å². The fourth-order valence-electron chi connectivity index (χ4n) is 3.15. The lowest BCUT2D eigenvalue weighted by atomic mass is 9.99. The monoisotopic (exact) mass is 449 g/mol. The first-order valence-electron chi connectivity index (χ1n) is 11.0. The molecule has 8 heteroatoms. The van der Waals surface area contributed by atoms with Gasteiger partial charge in [0.15, 0.2) is 0 Å². The SMILES string of the molecule is CCc1ccc(C(C(=O)NC(C)(C)C)N(CC)C(=O)C(CO)NC(=O)OC(C)(C)C)cc1. The van der Waals surface area contributed by atoms with Gasteiger partial charge in [-0.3, -0.25) is 9.59 Å². The van der Waals surface area contributed by atoms with Gasteiger partial charge >= 0.3 is 6.09 Å². The third-order valence-corrected chi connectivity index (χ3v) is 4.56. The zero-order valence-electron chi connectivity index (χ0n) is 20.6. The van der Waals surface area contributed by atoms with Crippen LogP contribution in [0.4, 0.5) is 4.79 Å². The summed E-state index contributed by atoms with van der Waals surface area (Å²) >= 11 is 0. The third-order valence-electron chi connectivity index (χ3n) is 4.56. The lowest BCUT2D eigenvalue weighted by Gasteiger charge is -2.35. The Bertz CT molecular complexity index is 778. The second-order valence-electron chi connectivity index (χ2n) is 9.74. The fraction of sp³-hybridized carbons (Fsp3) is 0.625. The number of amides is 3. The summed E-state index contributed by atoms with van der Waals surface area (Å²) in [6.45, 7) is 14.0. The zero-order valence-corrected chi connectivity index (χ0v) is 20.6. The number of aryl methyl sites for hydroxylation is 1. The molecule has 0 aromatic heterocycles. The first kappa shape index (κ1) is 27.4. The average molecular weight is 450 g/mol. The molecule has 1 rings (SSSR count). The standard InChI is InChI=1S/C24H39N3O5/c1-9-16-11-13-17(14-12-16)19(20(29)26-23(3,4)5)27(10-2)21(30)18(15-28)25-22(31)32-24(6,7)8/h11-14,18-19,28H,9-10,15H2,1-8H3,(H,25,31)(H,26,29). The Morgan fingerprint density at radius 3 is 2.00 bits per heavy atom. The number of carbonyl (C=O) groups excluding carboxylic acids is 3. The molecule has 8 nitrogen and oxygen atoms in total. The Labute approximate surface area is 191 Å². The van der Waals surface area contributed by atoms with Crippen LogP contribution in [-0.4, -0.2) is 58.2 Å². The highest BCUT2D eigenvalue weighted by Gasteiger charge is 2.36. The summed E-state index contributed by atoms with van der Waals surface area (Å²) in [4.78, 5) is 40.1. The van der Waals surface area contributed by atoms with Crippen LogP contribution in [-0.2, 0) is 20.7 Å². The quantitative estimate of drug-likeness (QED) is 0.566. The van der Waals surface area contributed by atoms with Crippen molar-refractivity contribution in [1.82, 2.24) is 15.5 Å². The molecule has 0 aliphatic heterocycles. The molecule has 0 bridgehead atoms. The van der Waals surface area contributed by atoms with Crippen molar-refractivity contribution >= 4 is 17.9 Å². The Morgan fingerprint density at radius 2 is 1.59 bits per heavy atom. The summed E-state index contributed by atoms with van der Waals surface area (Å²) in [6, 6.07) is 5.34. The molecule has 0 fully saturated rings. The van der Waals surface area contributed by atoms with Crippen molar-refractivity contribution in [3.8, 4) is 0 Å². The van der Waals surface area contributed by atoms with E-state index in [0.29, 0.717) is 5.56 Å². The lowest BCUT2D eigenvalue weighted by Crippen LogP contribution is -2.55. The van der Waals surface area contributed by atoms with Gasteiger partial charge in [-0.2, -0.15) is 0 Å². The molecule has 3 amide bonds. The average Bonchev–Trinajstić information content (AvgIpc) is 2.67. The number of likely N-dealkylation sites (N-methyl/N-ethyl adjacent to an activating group) is 1. The van der Waals surface area contributed by atoms with Crippen LogP contribution >= 0.6 is 0 Å². The van der Waals surface area contributed by atoms with Crippen LogP contribution in [0.3, 0.4) is 0 Å². The van der Waals surface area contributed by atoms with Crippen LogP contribution in [0, 0.1) is 0 Å². The molecule has 0 saturated heterocycles. The van der Waals surface area contributed by atoms with Crippen molar-refractivity contribution < 1.29 is 24.2 Å². The van der Waals surface area contributed by atoms with Crippen LogP contribution in [0.5, 0.6) is 0 Å². The summed E-state index contributed by atoms with van der Waals surface area (Å²) < 4.78 is 5.21. The molecule has 0 saturated carbocycles. The van der Waals surface area contributed by atoms with Crippen LogP contribution < -0.4 is 10.6 Å². The third kappa shape index (κ3) is 8.49. The van der Waals surface area contributed by atoms with Gasteiger partial charge in [-0.15, -0.1) is 0 Å². The minimum absolute atomic E-state index is 0.198. The largest absolute Gasteiger partial charge is 0.444 e. The summed E-state index contributed by atoms with van der Waals surface area (Å²) in [5.74, 6) is -0.916. The van der Waals surface area contributed by atoms with Gasteiger partial charge in [0.2, 0.25) is 11.8 Å². The normalized spacial score (nSPS) is 13.7. The molecule has 2 unspecified atom stereocenters. The van der Waals surface area contributed by atoms with Crippen molar-refractivity contribution in [3.05, 3.63) is 35.4 Å². The van der Waals surface area contributed by atoms with E-state index in [9.17, 15) is 19.5 Å². The Morgan fingerprint density at radius 1 is 1.03 bits per heavy atom. The van der Waals surface area contributed by atoms with Crippen LogP contribution in [0.1, 0.15) is 72.6 Å². The van der Waals surface area contributed by atoms with Crippen LogP contribution in [0.25, 0.3) is 0 Å². The number of alkyl carbamates (subject to hydrolysis) is 1. The molecule has 1 aromatic carbocycles. The molecule has 180 valence electrons. The van der Waals surface area contributed by atoms with Crippen LogP contribution in [0.2, 0.25) is 0 Å². The number of benzene rings is 1. The van der Waals surface area contributed by atoms with Gasteiger partial charge in [-0.25, -0.2) is 4.79 Å². The number of hydrogen-bond acceptors (Lipinski definition) is 5. The van der Waals surface area contributed by atoms with E-state index in [1.54, 1.807) is 27.7 Å². The second-order valence-corrected chi connectivity index (χ2v) is 9.74. The minimum atomic E-state index is -1.25. The lowest BCUT2D eigenvalue weighted by molar-refractivity contribution is -0.143. The number of nitrogens with one attached hydrogen (secondary N) is 2. The minimum Gasteiger partial charge on any atom is -0.444 e. The van der Waals surface area contributed by atoms with Gasteiger partial charge < -0.3 is 25.4 Å². The Kier molecular flexibility index (Phi) is 9.70. The molecular weight excluding hydrogens is 410 g/mol.